The summed E-state index contributed by atoms with van der Waals surface area (Å²) < 4.78 is 5.68. The summed E-state index contributed by atoms with van der Waals surface area (Å²) in [5, 5.41) is 0. The van der Waals surface area contributed by atoms with Crippen LogP contribution >= 0.6 is 0 Å². The van der Waals surface area contributed by atoms with Crippen molar-refractivity contribution in [2.75, 3.05) is 27.2 Å². The van der Waals surface area contributed by atoms with Gasteiger partial charge in [-0.1, -0.05) is 19.8 Å². The second-order valence-electron chi connectivity index (χ2n) is 4.33. The zero-order valence-electron chi connectivity index (χ0n) is 10.5. The molecule has 2 heteroatoms. The van der Waals surface area contributed by atoms with Gasteiger partial charge in [0.05, 0.1) is 6.10 Å². The van der Waals surface area contributed by atoms with Crippen molar-refractivity contribution in [2.45, 2.75) is 46.1 Å². The summed E-state index contributed by atoms with van der Waals surface area (Å²) in [4.78, 5) is 2.26. The maximum Gasteiger partial charge on any atom is 0.0587 e. The minimum atomic E-state index is 0.397. The standard InChI is InChI=1S/C12H27NO/c1-6-8-9-12(10-13(4)5)11(3)14-7-2/h11-12H,6-10H2,1-5H3/t11-,12+/m0/s1. The van der Waals surface area contributed by atoms with Gasteiger partial charge in [0.1, 0.15) is 0 Å². The number of ether oxygens (including phenoxy) is 1. The van der Waals surface area contributed by atoms with Crippen LogP contribution in [-0.4, -0.2) is 38.3 Å². The summed E-state index contributed by atoms with van der Waals surface area (Å²) in [6.45, 7) is 8.49. The largest absolute Gasteiger partial charge is 0.378 e. The summed E-state index contributed by atoms with van der Waals surface area (Å²) in [6.07, 6.45) is 4.28. The van der Waals surface area contributed by atoms with E-state index in [4.69, 9.17) is 4.74 Å². The molecule has 0 heterocycles. The second kappa shape index (κ2) is 8.25. The molecule has 0 N–H and O–H groups in total. The Morgan fingerprint density at radius 2 is 1.86 bits per heavy atom. The number of unbranched alkanes of at least 4 members (excludes halogenated alkanes) is 1. The number of hydrogen-bond donors (Lipinski definition) is 0. The van der Waals surface area contributed by atoms with E-state index in [2.05, 4.69) is 39.8 Å². The molecule has 0 aromatic carbocycles. The van der Waals surface area contributed by atoms with E-state index in [1.807, 2.05) is 0 Å². The quantitative estimate of drug-likeness (QED) is 0.599. The molecule has 0 aliphatic heterocycles. The number of rotatable bonds is 8. The van der Waals surface area contributed by atoms with Crippen LogP contribution in [0.1, 0.15) is 40.0 Å². The third-order valence-electron chi connectivity index (χ3n) is 2.62. The number of nitrogens with zero attached hydrogens (tertiary/aromatic N) is 1. The molecule has 2 nitrogen and oxygen atoms in total. The molecule has 0 amide bonds. The molecule has 0 saturated heterocycles. The van der Waals surface area contributed by atoms with Crippen molar-refractivity contribution in [1.29, 1.82) is 0 Å². The first-order chi connectivity index (χ1) is 6.61. The average Bonchev–Trinajstić information content (AvgIpc) is 2.12. The lowest BCUT2D eigenvalue weighted by molar-refractivity contribution is 0.0208. The highest BCUT2D eigenvalue weighted by atomic mass is 16.5. The van der Waals surface area contributed by atoms with E-state index in [0.717, 1.165) is 13.2 Å². The van der Waals surface area contributed by atoms with Gasteiger partial charge in [-0.25, -0.2) is 0 Å². The fraction of sp³-hybridized carbons (Fsp3) is 1.00. The predicted octanol–water partition coefficient (Wildman–Crippen LogP) is 2.78. The molecule has 14 heavy (non-hydrogen) atoms. The Bertz CT molecular complexity index is 125. The van der Waals surface area contributed by atoms with E-state index in [1.165, 1.54) is 19.3 Å². The fourth-order valence-corrected chi connectivity index (χ4v) is 1.81. The SMILES string of the molecule is CCCC[C@H](CN(C)C)[C@H](C)OCC. The van der Waals surface area contributed by atoms with Gasteiger partial charge >= 0.3 is 0 Å². The Labute approximate surface area is 89.6 Å². The van der Waals surface area contributed by atoms with Crippen LogP contribution < -0.4 is 0 Å². The minimum Gasteiger partial charge on any atom is -0.378 e. The molecule has 0 rings (SSSR count). The van der Waals surface area contributed by atoms with E-state index < -0.39 is 0 Å². The topological polar surface area (TPSA) is 12.5 Å². The summed E-state index contributed by atoms with van der Waals surface area (Å²) in [5.74, 6) is 0.685. The highest BCUT2D eigenvalue weighted by molar-refractivity contribution is 4.69. The molecule has 0 saturated carbocycles. The van der Waals surface area contributed by atoms with Crippen LogP contribution in [0.4, 0.5) is 0 Å². The second-order valence-corrected chi connectivity index (χ2v) is 4.33. The van der Waals surface area contributed by atoms with E-state index in [-0.39, 0.29) is 0 Å². The maximum atomic E-state index is 5.68. The van der Waals surface area contributed by atoms with Crippen LogP contribution in [0, 0.1) is 5.92 Å². The highest BCUT2D eigenvalue weighted by Gasteiger charge is 2.17. The Balaban J connectivity index is 3.94. The third-order valence-corrected chi connectivity index (χ3v) is 2.62. The molecular formula is C12H27NO. The van der Waals surface area contributed by atoms with Crippen LogP contribution in [0.2, 0.25) is 0 Å². The molecule has 2 atom stereocenters. The van der Waals surface area contributed by atoms with Crippen molar-refractivity contribution in [2.24, 2.45) is 5.92 Å². The van der Waals surface area contributed by atoms with E-state index >= 15 is 0 Å². The van der Waals surface area contributed by atoms with Gasteiger partial charge in [0.15, 0.2) is 0 Å². The van der Waals surface area contributed by atoms with E-state index in [9.17, 15) is 0 Å². The zero-order valence-corrected chi connectivity index (χ0v) is 10.5. The first-order valence-corrected chi connectivity index (χ1v) is 5.88. The van der Waals surface area contributed by atoms with Crippen molar-refractivity contribution in [3.05, 3.63) is 0 Å². The van der Waals surface area contributed by atoms with Gasteiger partial charge in [0.25, 0.3) is 0 Å². The molecule has 0 bridgehead atoms. The van der Waals surface area contributed by atoms with Crippen molar-refractivity contribution in [3.8, 4) is 0 Å². The van der Waals surface area contributed by atoms with Crippen LogP contribution in [-0.2, 0) is 4.74 Å². The monoisotopic (exact) mass is 201 g/mol. The van der Waals surface area contributed by atoms with Gasteiger partial charge in [-0.05, 0) is 40.3 Å². The zero-order chi connectivity index (χ0) is 11.0. The van der Waals surface area contributed by atoms with E-state index in [1.54, 1.807) is 0 Å². The Hall–Kier alpha value is -0.0800. The minimum absolute atomic E-state index is 0.397. The van der Waals surface area contributed by atoms with Crippen LogP contribution in [0.5, 0.6) is 0 Å². The molecule has 0 aliphatic carbocycles. The molecule has 0 unspecified atom stereocenters. The molecule has 0 spiro atoms. The predicted molar refractivity (Wildman–Crippen MR) is 62.7 cm³/mol. The molecule has 86 valence electrons. The molecule has 0 fully saturated rings. The highest BCUT2D eigenvalue weighted by Crippen LogP contribution is 2.16. The van der Waals surface area contributed by atoms with Gasteiger partial charge in [-0.3, -0.25) is 0 Å². The summed E-state index contributed by atoms with van der Waals surface area (Å²) in [7, 11) is 4.27. The Morgan fingerprint density at radius 3 is 2.29 bits per heavy atom. The smallest absolute Gasteiger partial charge is 0.0587 e. The first kappa shape index (κ1) is 13.9. The molecule has 0 aliphatic rings. The van der Waals surface area contributed by atoms with Gasteiger partial charge in [0.2, 0.25) is 0 Å². The summed E-state index contributed by atoms with van der Waals surface area (Å²) in [6, 6.07) is 0. The Kier molecular flexibility index (Phi) is 8.20. The molecule has 0 radical (unpaired) electrons. The van der Waals surface area contributed by atoms with Crippen LogP contribution in [0.15, 0.2) is 0 Å². The summed E-state index contributed by atoms with van der Waals surface area (Å²) in [5.41, 5.74) is 0. The fourth-order valence-electron chi connectivity index (χ4n) is 1.81. The average molecular weight is 201 g/mol. The normalized spacial score (nSPS) is 15.9. The first-order valence-electron chi connectivity index (χ1n) is 5.88. The summed E-state index contributed by atoms with van der Waals surface area (Å²) >= 11 is 0. The van der Waals surface area contributed by atoms with Gasteiger partial charge in [-0.2, -0.15) is 0 Å². The van der Waals surface area contributed by atoms with Gasteiger partial charge in [-0.15, -0.1) is 0 Å². The van der Waals surface area contributed by atoms with Crippen LogP contribution in [0.3, 0.4) is 0 Å². The lowest BCUT2D eigenvalue weighted by atomic mass is 9.96. The van der Waals surface area contributed by atoms with Crippen molar-refractivity contribution >= 4 is 0 Å². The lowest BCUT2D eigenvalue weighted by Crippen LogP contribution is -2.31. The van der Waals surface area contributed by atoms with E-state index in [0.29, 0.717) is 12.0 Å². The lowest BCUT2D eigenvalue weighted by Gasteiger charge is -2.26. The van der Waals surface area contributed by atoms with Crippen molar-refractivity contribution < 1.29 is 4.74 Å². The van der Waals surface area contributed by atoms with Gasteiger partial charge < -0.3 is 9.64 Å². The molecule has 0 aromatic rings. The Morgan fingerprint density at radius 1 is 1.21 bits per heavy atom. The maximum absolute atomic E-state index is 5.68. The molecular weight excluding hydrogens is 174 g/mol. The van der Waals surface area contributed by atoms with Crippen molar-refractivity contribution in [1.82, 2.24) is 4.90 Å². The van der Waals surface area contributed by atoms with Gasteiger partial charge in [0, 0.05) is 13.2 Å². The van der Waals surface area contributed by atoms with Crippen molar-refractivity contribution in [3.63, 3.8) is 0 Å². The van der Waals surface area contributed by atoms with Crippen LogP contribution in [0.25, 0.3) is 0 Å². The third kappa shape index (κ3) is 6.39. The molecule has 0 aromatic heterocycles. The number of hydrogen-bond acceptors (Lipinski definition) is 2.